The second-order valence-electron chi connectivity index (χ2n) is 6.98. The number of amides is 2. The van der Waals surface area contributed by atoms with Crippen LogP contribution in [0.5, 0.6) is 0 Å². The average molecular weight is 318 g/mol. The first-order valence-electron chi connectivity index (χ1n) is 8.50. The Kier molecular flexibility index (Phi) is 3.58. The van der Waals surface area contributed by atoms with Crippen molar-refractivity contribution in [2.75, 3.05) is 19.6 Å². The van der Waals surface area contributed by atoms with Gasteiger partial charge in [0.2, 0.25) is 17.7 Å². The molecule has 1 aromatic heterocycles. The highest BCUT2D eigenvalue weighted by Crippen LogP contribution is 2.34. The molecule has 1 aromatic rings. The first-order valence-corrected chi connectivity index (χ1v) is 8.50. The predicted molar refractivity (Wildman–Crippen MR) is 80.4 cm³/mol. The van der Waals surface area contributed by atoms with E-state index in [1.54, 1.807) is 6.92 Å². The number of carbonyl (C=O) groups excluding carboxylic acids is 2. The van der Waals surface area contributed by atoms with E-state index in [9.17, 15) is 9.59 Å². The summed E-state index contributed by atoms with van der Waals surface area (Å²) in [5.74, 6) is 1.46. The Hall–Kier alpha value is -1.92. The van der Waals surface area contributed by atoms with Gasteiger partial charge in [-0.05, 0) is 32.6 Å². The molecule has 3 aliphatic rings. The lowest BCUT2D eigenvalue weighted by molar-refractivity contribution is -0.137. The highest BCUT2D eigenvalue weighted by molar-refractivity contribution is 5.89. The van der Waals surface area contributed by atoms with Gasteiger partial charge in [-0.1, -0.05) is 5.16 Å². The van der Waals surface area contributed by atoms with Crippen LogP contribution in [-0.4, -0.2) is 57.4 Å². The molecule has 0 N–H and O–H groups in total. The molecule has 7 nitrogen and oxygen atoms in total. The number of hydrogen-bond acceptors (Lipinski definition) is 5. The second kappa shape index (κ2) is 5.62. The van der Waals surface area contributed by atoms with Crippen LogP contribution in [0.2, 0.25) is 0 Å². The molecule has 0 aromatic carbocycles. The lowest BCUT2D eigenvalue weighted by Gasteiger charge is -2.32. The van der Waals surface area contributed by atoms with Crippen molar-refractivity contribution in [3.63, 3.8) is 0 Å². The van der Waals surface area contributed by atoms with Gasteiger partial charge in [-0.15, -0.1) is 0 Å². The lowest BCUT2D eigenvalue weighted by atomic mass is 9.96. The second-order valence-corrected chi connectivity index (χ2v) is 6.98. The van der Waals surface area contributed by atoms with E-state index < -0.39 is 0 Å². The van der Waals surface area contributed by atoms with E-state index in [4.69, 9.17) is 4.52 Å². The molecule has 2 amide bonds. The molecule has 1 saturated carbocycles. The van der Waals surface area contributed by atoms with Gasteiger partial charge >= 0.3 is 0 Å². The molecule has 3 fully saturated rings. The summed E-state index contributed by atoms with van der Waals surface area (Å²) in [6.45, 7) is 3.78. The van der Waals surface area contributed by atoms with Crippen molar-refractivity contribution in [1.29, 1.82) is 0 Å². The van der Waals surface area contributed by atoms with E-state index in [0.29, 0.717) is 37.3 Å². The van der Waals surface area contributed by atoms with Crippen LogP contribution in [0.15, 0.2) is 4.52 Å². The highest BCUT2D eigenvalue weighted by atomic mass is 16.5. The Labute approximate surface area is 135 Å². The van der Waals surface area contributed by atoms with Gasteiger partial charge in [0.1, 0.15) is 0 Å². The fourth-order valence-corrected chi connectivity index (χ4v) is 3.75. The summed E-state index contributed by atoms with van der Waals surface area (Å²) < 4.78 is 5.27. The van der Waals surface area contributed by atoms with Gasteiger partial charge in [-0.2, -0.15) is 4.98 Å². The van der Waals surface area contributed by atoms with Crippen LogP contribution < -0.4 is 0 Å². The van der Waals surface area contributed by atoms with Crippen LogP contribution in [0.25, 0.3) is 0 Å². The van der Waals surface area contributed by atoms with Gasteiger partial charge in [-0.25, -0.2) is 0 Å². The molecule has 1 aliphatic carbocycles. The summed E-state index contributed by atoms with van der Waals surface area (Å²) >= 11 is 0. The van der Waals surface area contributed by atoms with Gasteiger partial charge in [0.05, 0.1) is 11.8 Å². The van der Waals surface area contributed by atoms with E-state index in [-0.39, 0.29) is 23.7 Å². The number of likely N-dealkylation sites (tertiary alicyclic amines) is 2. The van der Waals surface area contributed by atoms with Gasteiger partial charge < -0.3 is 14.3 Å². The topological polar surface area (TPSA) is 79.5 Å². The third-order valence-electron chi connectivity index (χ3n) is 5.12. The first-order chi connectivity index (χ1) is 11.1. The Balaban J connectivity index is 1.41. The van der Waals surface area contributed by atoms with Crippen LogP contribution >= 0.6 is 0 Å². The maximum absolute atomic E-state index is 12.8. The molecule has 0 spiro atoms. The molecule has 3 heterocycles. The summed E-state index contributed by atoms with van der Waals surface area (Å²) in [5, 5.41) is 3.84. The fraction of sp³-hybridized carbons (Fsp3) is 0.750. The third-order valence-corrected chi connectivity index (χ3v) is 5.12. The quantitative estimate of drug-likeness (QED) is 0.833. The normalized spacial score (nSPS) is 28.5. The van der Waals surface area contributed by atoms with Crippen LogP contribution in [0.4, 0.5) is 0 Å². The smallest absolute Gasteiger partial charge is 0.231 e. The van der Waals surface area contributed by atoms with Crippen molar-refractivity contribution in [1.82, 2.24) is 19.9 Å². The van der Waals surface area contributed by atoms with Gasteiger partial charge in [0, 0.05) is 32.1 Å². The van der Waals surface area contributed by atoms with Crippen molar-refractivity contribution >= 4 is 11.8 Å². The minimum Gasteiger partial charge on any atom is -0.342 e. The molecule has 23 heavy (non-hydrogen) atoms. The van der Waals surface area contributed by atoms with Gasteiger partial charge in [0.15, 0.2) is 5.82 Å². The molecule has 2 aliphatic heterocycles. The Bertz CT molecular complexity index is 625. The minimum absolute atomic E-state index is 0.113. The molecular weight excluding hydrogens is 296 g/mol. The minimum atomic E-state index is -0.175. The van der Waals surface area contributed by atoms with Crippen molar-refractivity contribution in [3.8, 4) is 0 Å². The first kappa shape index (κ1) is 14.7. The van der Waals surface area contributed by atoms with Crippen LogP contribution in [0, 0.1) is 12.8 Å². The zero-order valence-corrected chi connectivity index (χ0v) is 13.4. The van der Waals surface area contributed by atoms with Gasteiger partial charge in [0.25, 0.3) is 0 Å². The maximum Gasteiger partial charge on any atom is 0.231 e. The van der Waals surface area contributed by atoms with E-state index >= 15 is 0 Å². The Morgan fingerprint density at radius 1 is 1.26 bits per heavy atom. The highest BCUT2D eigenvalue weighted by Gasteiger charge is 2.43. The van der Waals surface area contributed by atoms with Crippen LogP contribution in [0.3, 0.4) is 0 Å². The summed E-state index contributed by atoms with van der Waals surface area (Å²) in [7, 11) is 0. The number of nitrogens with zero attached hydrogens (tertiary/aromatic N) is 4. The summed E-state index contributed by atoms with van der Waals surface area (Å²) in [6.07, 6.45) is 4.45. The van der Waals surface area contributed by atoms with Gasteiger partial charge in [-0.3, -0.25) is 9.59 Å². The number of aryl methyl sites for hydroxylation is 1. The van der Waals surface area contributed by atoms with E-state index in [1.807, 2.05) is 9.80 Å². The number of piperidine rings is 1. The molecule has 124 valence electrons. The largest absolute Gasteiger partial charge is 0.342 e. The molecule has 7 heteroatoms. The summed E-state index contributed by atoms with van der Waals surface area (Å²) in [6, 6.07) is 0.399. The summed E-state index contributed by atoms with van der Waals surface area (Å²) in [5.41, 5.74) is 0. The standard InChI is InChI=1S/C16H22N4O3/c1-10-17-15(23-18-10)11-3-2-6-19(8-11)16(22)12-7-14(21)20(9-12)13-4-5-13/h11-13H,2-9H2,1H3/t11-,12-/m1/s1. The van der Waals surface area contributed by atoms with E-state index in [2.05, 4.69) is 10.1 Å². The van der Waals surface area contributed by atoms with Crippen molar-refractivity contribution in [2.24, 2.45) is 5.92 Å². The average Bonchev–Trinajstić information content (AvgIpc) is 3.19. The molecular formula is C16H22N4O3. The fourth-order valence-electron chi connectivity index (χ4n) is 3.75. The monoisotopic (exact) mass is 318 g/mol. The molecule has 2 saturated heterocycles. The predicted octanol–water partition coefficient (Wildman–Crippen LogP) is 1.09. The third kappa shape index (κ3) is 2.84. The SMILES string of the molecule is Cc1noc([C@@H]2CCCN(C(=O)[C@@H]3CC(=O)N(C4CC4)C3)C2)n1. The van der Waals surface area contributed by atoms with Crippen LogP contribution in [-0.2, 0) is 9.59 Å². The zero-order chi connectivity index (χ0) is 16.0. The van der Waals surface area contributed by atoms with Crippen molar-refractivity contribution in [3.05, 3.63) is 11.7 Å². The molecule has 4 rings (SSSR count). The Morgan fingerprint density at radius 2 is 2.09 bits per heavy atom. The molecule has 0 radical (unpaired) electrons. The van der Waals surface area contributed by atoms with Crippen molar-refractivity contribution in [2.45, 2.75) is 51.0 Å². The Morgan fingerprint density at radius 3 is 2.78 bits per heavy atom. The number of rotatable bonds is 3. The number of carbonyl (C=O) groups is 2. The molecule has 2 atom stereocenters. The summed E-state index contributed by atoms with van der Waals surface area (Å²) in [4.78, 5) is 33.0. The number of hydrogen-bond donors (Lipinski definition) is 0. The number of aromatic nitrogens is 2. The molecule has 0 unspecified atom stereocenters. The van der Waals surface area contributed by atoms with Crippen LogP contribution in [0.1, 0.15) is 49.7 Å². The van der Waals surface area contributed by atoms with E-state index in [1.165, 1.54) is 0 Å². The zero-order valence-electron chi connectivity index (χ0n) is 13.4. The van der Waals surface area contributed by atoms with E-state index in [0.717, 1.165) is 32.2 Å². The maximum atomic E-state index is 12.8. The van der Waals surface area contributed by atoms with Crippen molar-refractivity contribution < 1.29 is 14.1 Å². The molecule has 0 bridgehead atoms. The lowest BCUT2D eigenvalue weighted by Crippen LogP contribution is -2.43.